The zero-order valence-corrected chi connectivity index (χ0v) is 32.6. The molecule has 2 aromatic heterocycles. The Hall–Kier alpha value is -7.53. The molecule has 0 unspecified atom stereocenters. The van der Waals surface area contributed by atoms with Gasteiger partial charge in [-0.3, -0.25) is 0 Å². The highest BCUT2D eigenvalue weighted by Gasteiger charge is 2.19. The van der Waals surface area contributed by atoms with Gasteiger partial charge in [-0.15, -0.1) is 11.3 Å². The van der Waals surface area contributed by atoms with E-state index >= 15 is 0 Å². The first kappa shape index (κ1) is 33.6. The summed E-state index contributed by atoms with van der Waals surface area (Å²) in [6.45, 7) is 0. The Labute approximate surface area is 344 Å². The van der Waals surface area contributed by atoms with Gasteiger partial charge in [0.2, 0.25) is 0 Å². The molecule has 0 aliphatic heterocycles. The molecular weight excluding hydrogens is 735 g/mol. The third kappa shape index (κ3) is 5.53. The third-order valence-electron chi connectivity index (χ3n) is 11.7. The minimum atomic E-state index is 0.649. The highest BCUT2D eigenvalue weighted by molar-refractivity contribution is 7.26. The Morgan fingerprint density at radius 1 is 0.288 bits per heavy atom. The van der Waals surface area contributed by atoms with E-state index in [1.54, 1.807) is 11.3 Å². The lowest BCUT2D eigenvalue weighted by Crippen LogP contribution is -2.00. The molecule has 0 bridgehead atoms. The van der Waals surface area contributed by atoms with Crippen molar-refractivity contribution < 1.29 is 0 Å². The molecule has 12 rings (SSSR count). The van der Waals surface area contributed by atoms with Gasteiger partial charge < -0.3 is 0 Å². The van der Waals surface area contributed by atoms with Gasteiger partial charge in [-0.2, -0.15) is 0 Å². The summed E-state index contributed by atoms with van der Waals surface area (Å²) in [5.74, 6) is 1.98. The molecule has 0 saturated heterocycles. The van der Waals surface area contributed by atoms with Crippen LogP contribution in [0.5, 0.6) is 0 Å². The van der Waals surface area contributed by atoms with Crippen LogP contribution in [0.25, 0.3) is 120 Å². The fourth-order valence-corrected chi connectivity index (χ4v) is 10.2. The van der Waals surface area contributed by atoms with Gasteiger partial charge in [-0.1, -0.05) is 176 Å². The maximum absolute atomic E-state index is 5.26. The summed E-state index contributed by atoms with van der Waals surface area (Å²) < 4.78 is 2.43. The summed E-state index contributed by atoms with van der Waals surface area (Å²) in [6, 6.07) is 71.7. The number of thiophene rings is 1. The standard InChI is InChI=1S/C55H33N3S/c1-2-15-35(16-3-1)50-42-20-6-8-22-44(42)51(45-23-9-7-21-43(45)50)38-30-28-37-33-39(31-29-36(37)32-38)53-56-54(47-25-12-17-34-14-4-5-18-40(34)47)58-55(57-53)48-26-13-24-46-41-19-10-11-27-49(41)59-52(46)48/h1-33H. The third-order valence-corrected chi connectivity index (χ3v) is 12.9. The van der Waals surface area contributed by atoms with Gasteiger partial charge in [0.15, 0.2) is 17.5 Å². The smallest absolute Gasteiger partial charge is 0.165 e. The van der Waals surface area contributed by atoms with E-state index in [-0.39, 0.29) is 0 Å². The fourth-order valence-electron chi connectivity index (χ4n) is 8.99. The molecule has 0 spiro atoms. The molecule has 4 heteroatoms. The van der Waals surface area contributed by atoms with Gasteiger partial charge >= 0.3 is 0 Å². The second-order valence-corrected chi connectivity index (χ2v) is 16.1. The van der Waals surface area contributed by atoms with E-state index in [2.05, 4.69) is 200 Å². The van der Waals surface area contributed by atoms with E-state index in [0.717, 1.165) is 38.2 Å². The van der Waals surface area contributed by atoms with Crippen molar-refractivity contribution in [2.45, 2.75) is 0 Å². The Kier molecular flexibility index (Phi) is 7.72. The lowest BCUT2D eigenvalue weighted by Gasteiger charge is -2.18. The number of benzene rings is 10. The molecule has 0 N–H and O–H groups in total. The highest BCUT2D eigenvalue weighted by Crippen LogP contribution is 2.45. The molecule has 0 fully saturated rings. The number of fused-ring (bicyclic) bond motifs is 7. The first-order valence-electron chi connectivity index (χ1n) is 19.9. The van der Waals surface area contributed by atoms with Crippen molar-refractivity contribution in [3.63, 3.8) is 0 Å². The highest BCUT2D eigenvalue weighted by atomic mass is 32.1. The Morgan fingerprint density at radius 3 is 1.51 bits per heavy atom. The van der Waals surface area contributed by atoms with Crippen molar-refractivity contribution in [1.29, 1.82) is 0 Å². The summed E-state index contributed by atoms with van der Waals surface area (Å²) in [4.78, 5) is 15.7. The summed E-state index contributed by atoms with van der Waals surface area (Å²) >= 11 is 1.79. The lowest BCUT2D eigenvalue weighted by atomic mass is 9.85. The second kappa shape index (κ2) is 13.6. The predicted octanol–water partition coefficient (Wildman–Crippen LogP) is 15.2. The quantitative estimate of drug-likeness (QED) is 0.164. The summed E-state index contributed by atoms with van der Waals surface area (Å²) in [6.07, 6.45) is 0. The average molecular weight is 768 g/mol. The van der Waals surface area contributed by atoms with Gasteiger partial charge in [0, 0.05) is 36.9 Å². The van der Waals surface area contributed by atoms with Gasteiger partial charge in [-0.25, -0.2) is 15.0 Å². The molecule has 0 aliphatic carbocycles. The molecule has 274 valence electrons. The van der Waals surface area contributed by atoms with E-state index in [9.17, 15) is 0 Å². The maximum atomic E-state index is 5.26. The van der Waals surface area contributed by atoms with E-state index in [1.807, 2.05) is 0 Å². The van der Waals surface area contributed by atoms with Crippen molar-refractivity contribution in [1.82, 2.24) is 15.0 Å². The number of aromatic nitrogens is 3. The van der Waals surface area contributed by atoms with Gasteiger partial charge in [0.1, 0.15) is 0 Å². The molecule has 3 nitrogen and oxygen atoms in total. The Bertz CT molecular complexity index is 3560. The zero-order chi connectivity index (χ0) is 38.9. The van der Waals surface area contributed by atoms with E-state index in [1.165, 1.54) is 64.0 Å². The minimum absolute atomic E-state index is 0.649. The molecule has 0 atom stereocenters. The summed E-state index contributed by atoms with van der Waals surface area (Å²) in [5, 5.41) is 12.0. The second-order valence-electron chi connectivity index (χ2n) is 15.1. The van der Waals surface area contributed by atoms with Gasteiger partial charge in [0.05, 0.1) is 0 Å². The Balaban J connectivity index is 1.03. The monoisotopic (exact) mass is 767 g/mol. The maximum Gasteiger partial charge on any atom is 0.165 e. The van der Waals surface area contributed by atoms with Crippen LogP contribution in [0.3, 0.4) is 0 Å². The molecule has 0 amide bonds. The van der Waals surface area contributed by atoms with Gasteiger partial charge in [0.25, 0.3) is 0 Å². The first-order valence-corrected chi connectivity index (χ1v) is 20.8. The molecule has 0 radical (unpaired) electrons. The van der Waals surface area contributed by atoms with Crippen LogP contribution in [0.15, 0.2) is 200 Å². The molecule has 0 aliphatic rings. The van der Waals surface area contributed by atoms with Crippen LogP contribution in [0, 0.1) is 0 Å². The lowest BCUT2D eigenvalue weighted by molar-refractivity contribution is 1.08. The zero-order valence-electron chi connectivity index (χ0n) is 31.8. The van der Waals surface area contributed by atoms with Crippen molar-refractivity contribution in [2.24, 2.45) is 0 Å². The number of hydrogen-bond donors (Lipinski definition) is 0. The molecule has 59 heavy (non-hydrogen) atoms. The van der Waals surface area contributed by atoms with E-state index in [0.29, 0.717) is 17.5 Å². The van der Waals surface area contributed by atoms with E-state index < -0.39 is 0 Å². The number of rotatable bonds is 5. The van der Waals surface area contributed by atoms with Crippen LogP contribution >= 0.6 is 11.3 Å². The molecular formula is C55H33N3S. The van der Waals surface area contributed by atoms with Crippen LogP contribution in [-0.2, 0) is 0 Å². The number of hydrogen-bond acceptors (Lipinski definition) is 4. The first-order chi connectivity index (χ1) is 29.2. The van der Waals surface area contributed by atoms with Crippen molar-refractivity contribution in [2.75, 3.05) is 0 Å². The summed E-state index contributed by atoms with van der Waals surface area (Å²) in [7, 11) is 0. The van der Waals surface area contributed by atoms with Crippen molar-refractivity contribution in [3.05, 3.63) is 200 Å². The number of nitrogens with zero attached hydrogens (tertiary/aromatic N) is 3. The topological polar surface area (TPSA) is 38.7 Å². The van der Waals surface area contributed by atoms with Gasteiger partial charge in [-0.05, 0) is 89.6 Å². The normalized spacial score (nSPS) is 11.7. The molecule has 12 aromatic rings. The molecule has 0 saturated carbocycles. The van der Waals surface area contributed by atoms with Crippen LogP contribution in [0.4, 0.5) is 0 Å². The fraction of sp³-hybridized carbons (Fsp3) is 0. The van der Waals surface area contributed by atoms with E-state index in [4.69, 9.17) is 15.0 Å². The average Bonchev–Trinajstić information content (AvgIpc) is 3.69. The largest absolute Gasteiger partial charge is 0.208 e. The predicted molar refractivity (Wildman–Crippen MR) is 250 cm³/mol. The van der Waals surface area contributed by atoms with Crippen molar-refractivity contribution in [3.8, 4) is 56.4 Å². The summed E-state index contributed by atoms with van der Waals surface area (Å²) in [5.41, 5.74) is 7.88. The SMILES string of the molecule is c1ccc(-c2c3ccccc3c(-c3ccc4cc(-c5nc(-c6cccc7ccccc67)nc(-c6cccc7c6sc6ccccc67)n5)ccc4c3)c3ccccc23)cc1. The minimum Gasteiger partial charge on any atom is -0.208 e. The Morgan fingerprint density at radius 2 is 0.780 bits per heavy atom. The van der Waals surface area contributed by atoms with Crippen molar-refractivity contribution >= 4 is 74.6 Å². The molecule has 2 heterocycles. The van der Waals surface area contributed by atoms with Crippen LogP contribution in [0.2, 0.25) is 0 Å². The van der Waals surface area contributed by atoms with Crippen LogP contribution in [-0.4, -0.2) is 15.0 Å². The van der Waals surface area contributed by atoms with Crippen LogP contribution in [0.1, 0.15) is 0 Å². The van der Waals surface area contributed by atoms with Crippen LogP contribution < -0.4 is 0 Å². The molecule has 10 aromatic carbocycles.